The fourth-order valence-corrected chi connectivity index (χ4v) is 8.15. The maximum absolute atomic E-state index is 6.64. The Morgan fingerprint density at radius 1 is 0.531 bits per heavy atom. The van der Waals surface area contributed by atoms with Crippen molar-refractivity contribution < 1.29 is 21.7 Å². The van der Waals surface area contributed by atoms with Crippen LogP contribution in [0.4, 0.5) is 0 Å². The molecule has 0 fully saturated rings. The predicted octanol–water partition coefficient (Wildman–Crippen LogP) is 4.08. The van der Waals surface area contributed by atoms with Gasteiger partial charge >= 0.3 is 0 Å². The summed E-state index contributed by atoms with van der Waals surface area (Å²) in [5.74, 6) is 4.28. The van der Waals surface area contributed by atoms with Gasteiger partial charge in [0.05, 0.1) is 0 Å². The standard InChI is InChI=1S/C29H24OP.BrH/c1-23-29(25-16-8-3-9-17-25)30-28(24-14-6-2-7-15-24)22-31(23,26-18-10-4-11-19-26)27-20-12-5-13-21-27;/h2-22H,1H3;1H/q+1;/p-1. The van der Waals surface area contributed by atoms with E-state index in [9.17, 15) is 0 Å². The number of hydrogen-bond donors (Lipinski definition) is 0. The molecule has 0 unspecified atom stereocenters. The molecule has 0 bridgehead atoms. The maximum Gasteiger partial charge on any atom is 0.173 e. The zero-order valence-electron chi connectivity index (χ0n) is 17.9. The molecule has 4 aromatic rings. The Morgan fingerprint density at radius 2 is 0.938 bits per heavy atom. The number of allylic oxidation sites excluding steroid dienone is 1. The zero-order chi connectivity index (χ0) is 21.1. The Morgan fingerprint density at radius 3 is 1.41 bits per heavy atom. The highest BCUT2D eigenvalue weighted by Crippen LogP contribution is 2.69. The van der Waals surface area contributed by atoms with Gasteiger partial charge in [0.2, 0.25) is 0 Å². The normalized spacial score (nSPS) is 14.7. The van der Waals surface area contributed by atoms with Gasteiger partial charge in [-0.2, -0.15) is 0 Å². The van der Waals surface area contributed by atoms with Crippen molar-refractivity contribution in [2.75, 3.05) is 0 Å². The van der Waals surface area contributed by atoms with Crippen molar-refractivity contribution in [1.82, 2.24) is 0 Å². The largest absolute Gasteiger partial charge is 1.00 e. The fraction of sp³-hybridized carbons (Fsp3) is 0.0345. The van der Waals surface area contributed by atoms with Crippen LogP contribution in [0.3, 0.4) is 0 Å². The Kier molecular flexibility index (Phi) is 6.74. The van der Waals surface area contributed by atoms with Gasteiger partial charge < -0.3 is 21.7 Å². The van der Waals surface area contributed by atoms with Gasteiger partial charge in [-0.15, -0.1) is 0 Å². The molecule has 1 heterocycles. The van der Waals surface area contributed by atoms with Crippen LogP contribution in [0.15, 0.2) is 132 Å². The molecule has 0 saturated carbocycles. The van der Waals surface area contributed by atoms with Crippen LogP contribution in [0.25, 0.3) is 11.5 Å². The SMILES string of the molecule is CC1=C(c2ccccc2)OC(c2ccccc2)=C[P+]1(c1ccccc1)c1ccccc1.[Br-]. The quantitative estimate of drug-likeness (QED) is 0.385. The van der Waals surface area contributed by atoms with E-state index >= 15 is 0 Å². The molecule has 5 rings (SSSR count). The summed E-state index contributed by atoms with van der Waals surface area (Å²) in [5.41, 5.74) is 2.21. The third-order valence-corrected chi connectivity index (χ3v) is 9.91. The summed E-state index contributed by atoms with van der Waals surface area (Å²) < 4.78 is 6.64. The van der Waals surface area contributed by atoms with E-state index in [1.807, 2.05) is 12.1 Å². The first-order valence-electron chi connectivity index (χ1n) is 10.5. The average molecular weight is 499 g/mol. The summed E-state index contributed by atoms with van der Waals surface area (Å²) in [7, 11) is -2.04. The van der Waals surface area contributed by atoms with Gasteiger partial charge in [-0.3, -0.25) is 0 Å². The van der Waals surface area contributed by atoms with Crippen LogP contribution in [-0.4, -0.2) is 0 Å². The molecule has 0 spiro atoms. The number of halogens is 1. The Labute approximate surface area is 201 Å². The van der Waals surface area contributed by atoms with E-state index in [-0.39, 0.29) is 17.0 Å². The molecule has 0 atom stereocenters. The lowest BCUT2D eigenvalue weighted by molar-refractivity contribution is -0.00000653. The summed E-state index contributed by atoms with van der Waals surface area (Å²) in [4.78, 5) is 0. The van der Waals surface area contributed by atoms with Crippen molar-refractivity contribution in [2.24, 2.45) is 0 Å². The van der Waals surface area contributed by atoms with Crippen LogP contribution in [0.1, 0.15) is 18.1 Å². The minimum absolute atomic E-state index is 0. The molecular formula is C29H24BrOP. The van der Waals surface area contributed by atoms with E-state index in [1.54, 1.807) is 0 Å². The second kappa shape index (κ2) is 9.69. The van der Waals surface area contributed by atoms with Gasteiger partial charge in [0.15, 0.2) is 11.5 Å². The summed E-state index contributed by atoms with van der Waals surface area (Å²) in [6.45, 7) is 2.24. The topological polar surface area (TPSA) is 9.23 Å². The third-order valence-electron chi connectivity index (χ3n) is 5.80. The minimum atomic E-state index is -2.04. The molecule has 0 aromatic heterocycles. The lowest BCUT2D eigenvalue weighted by atomic mass is 10.1. The van der Waals surface area contributed by atoms with Crippen molar-refractivity contribution in [3.05, 3.63) is 144 Å². The van der Waals surface area contributed by atoms with Gasteiger partial charge in [-0.25, -0.2) is 0 Å². The Balaban J connectivity index is 0.00000245. The molecule has 3 heteroatoms. The van der Waals surface area contributed by atoms with Gasteiger partial charge in [0, 0.05) is 11.1 Å². The first kappa shape index (κ1) is 22.3. The summed E-state index contributed by atoms with van der Waals surface area (Å²) in [5, 5.41) is 3.96. The van der Waals surface area contributed by atoms with Crippen LogP contribution < -0.4 is 27.6 Å². The lowest BCUT2D eigenvalue weighted by Gasteiger charge is -2.31. The zero-order valence-corrected chi connectivity index (χ0v) is 20.3. The molecule has 1 aliphatic heterocycles. The fourth-order valence-electron chi connectivity index (χ4n) is 4.25. The second-order valence-electron chi connectivity index (χ2n) is 7.64. The maximum atomic E-state index is 6.64. The first-order chi connectivity index (χ1) is 15.3. The monoisotopic (exact) mass is 498 g/mol. The minimum Gasteiger partial charge on any atom is -1.00 e. The van der Waals surface area contributed by atoms with Crippen LogP contribution in [0.2, 0.25) is 0 Å². The highest BCUT2D eigenvalue weighted by molar-refractivity contribution is 7.95. The molecule has 0 saturated heterocycles. The smallest absolute Gasteiger partial charge is 0.173 e. The Bertz CT molecular complexity index is 1190. The van der Waals surface area contributed by atoms with Crippen molar-refractivity contribution in [3.8, 4) is 0 Å². The second-order valence-corrected chi connectivity index (χ2v) is 11.0. The highest BCUT2D eigenvalue weighted by atomic mass is 79.9. The van der Waals surface area contributed by atoms with E-state index in [2.05, 4.69) is 122 Å². The molecule has 0 radical (unpaired) electrons. The van der Waals surface area contributed by atoms with Gasteiger partial charge in [0.25, 0.3) is 0 Å². The van der Waals surface area contributed by atoms with Gasteiger partial charge in [-0.05, 0) is 31.2 Å². The van der Waals surface area contributed by atoms with Crippen molar-refractivity contribution in [1.29, 1.82) is 0 Å². The molecule has 4 aromatic carbocycles. The van der Waals surface area contributed by atoms with Crippen molar-refractivity contribution in [3.63, 3.8) is 0 Å². The lowest BCUT2D eigenvalue weighted by Crippen LogP contribution is -3.00. The van der Waals surface area contributed by atoms with Crippen LogP contribution in [0, 0.1) is 0 Å². The molecule has 0 amide bonds. The summed E-state index contributed by atoms with van der Waals surface area (Å²) >= 11 is 0. The first-order valence-corrected chi connectivity index (χ1v) is 12.4. The van der Waals surface area contributed by atoms with Gasteiger partial charge in [0.1, 0.15) is 29.0 Å². The molecule has 0 N–H and O–H groups in total. The van der Waals surface area contributed by atoms with Crippen molar-refractivity contribution >= 4 is 29.4 Å². The number of rotatable bonds is 4. The van der Waals surface area contributed by atoms with Crippen LogP contribution >= 0.6 is 7.26 Å². The van der Waals surface area contributed by atoms with Crippen molar-refractivity contribution in [2.45, 2.75) is 6.92 Å². The molecule has 1 nitrogen and oxygen atoms in total. The van der Waals surface area contributed by atoms with E-state index in [1.165, 1.54) is 15.9 Å². The highest BCUT2D eigenvalue weighted by Gasteiger charge is 2.49. The summed E-state index contributed by atoms with van der Waals surface area (Å²) in [6, 6.07) is 42.7. The summed E-state index contributed by atoms with van der Waals surface area (Å²) in [6.07, 6.45) is 0. The molecule has 158 valence electrons. The Hall–Kier alpha value is -2.93. The van der Waals surface area contributed by atoms with E-state index in [0.29, 0.717) is 0 Å². The molecule has 32 heavy (non-hydrogen) atoms. The number of ether oxygens (including phenoxy) is 1. The van der Waals surface area contributed by atoms with Crippen LogP contribution in [-0.2, 0) is 4.74 Å². The molecule has 0 aliphatic carbocycles. The van der Waals surface area contributed by atoms with E-state index < -0.39 is 7.26 Å². The van der Waals surface area contributed by atoms with Crippen LogP contribution in [0.5, 0.6) is 0 Å². The van der Waals surface area contributed by atoms with E-state index in [4.69, 9.17) is 4.74 Å². The van der Waals surface area contributed by atoms with E-state index in [0.717, 1.165) is 22.6 Å². The average Bonchev–Trinajstić information content (AvgIpc) is 2.86. The van der Waals surface area contributed by atoms with Gasteiger partial charge in [-0.1, -0.05) is 97.1 Å². The molecular weight excluding hydrogens is 475 g/mol. The number of hydrogen-bond acceptors (Lipinski definition) is 1. The number of benzene rings is 4. The predicted molar refractivity (Wildman–Crippen MR) is 134 cm³/mol. The third kappa shape index (κ3) is 3.97. The molecule has 1 aliphatic rings.